The van der Waals surface area contributed by atoms with Gasteiger partial charge in [0.05, 0.1) is 4.91 Å². The van der Waals surface area contributed by atoms with E-state index in [4.69, 9.17) is 22.7 Å². The topological polar surface area (TPSA) is 115 Å². The van der Waals surface area contributed by atoms with Crippen molar-refractivity contribution in [3.63, 3.8) is 0 Å². The van der Waals surface area contributed by atoms with Crippen LogP contribution in [0.4, 0.5) is 5.69 Å². The standard InChI is InChI=1S/C6H6NO2.Na.H2O4S.H/c8-7(9)6-4-2-1-3-5-6;;1-5(2,3)4;/h1-5H,(H,8,9);;(H2,1,2,3,4);/q+1;;;. The van der Waals surface area contributed by atoms with Crippen LogP contribution in [0.3, 0.4) is 0 Å². The van der Waals surface area contributed by atoms with E-state index in [0.29, 0.717) is 0 Å². The summed E-state index contributed by atoms with van der Waals surface area (Å²) < 4.78 is 31.6. The number of hydrogen-bond acceptors (Lipinski definition) is 3. The fraction of sp³-hybridized carbons (Fsp3) is 0. The third-order valence-corrected chi connectivity index (χ3v) is 0.977. The van der Waals surface area contributed by atoms with Gasteiger partial charge in [-0.2, -0.15) is 8.42 Å². The van der Waals surface area contributed by atoms with Crippen LogP contribution in [0.25, 0.3) is 0 Å². The maximum absolute atomic E-state index is 10.1. The molecule has 0 fully saturated rings. The zero-order valence-electron chi connectivity index (χ0n) is 6.81. The van der Waals surface area contributed by atoms with Crippen molar-refractivity contribution in [2.75, 3.05) is 0 Å². The fourth-order valence-corrected chi connectivity index (χ4v) is 0.556. The van der Waals surface area contributed by atoms with E-state index in [0.717, 1.165) is 0 Å². The molecular weight excluding hydrogens is 237 g/mol. The van der Waals surface area contributed by atoms with Crippen LogP contribution in [0.15, 0.2) is 30.3 Å². The molecule has 0 aromatic heterocycles. The number of para-hydroxylation sites is 1. The van der Waals surface area contributed by atoms with E-state index in [1.165, 1.54) is 12.1 Å². The molecule has 7 nitrogen and oxygen atoms in total. The average Bonchev–Trinajstić information content (AvgIpc) is 2.03. The Kier molecular flexibility index (Phi) is 8.72. The van der Waals surface area contributed by atoms with Crippen LogP contribution < -0.4 is 0 Å². The van der Waals surface area contributed by atoms with Crippen molar-refractivity contribution in [2.45, 2.75) is 0 Å². The molecule has 15 heavy (non-hydrogen) atoms. The second-order valence-corrected chi connectivity index (χ2v) is 2.95. The molecular formula is C6H9NNaO6S+. The summed E-state index contributed by atoms with van der Waals surface area (Å²) in [6, 6.07) is 8.17. The van der Waals surface area contributed by atoms with Crippen molar-refractivity contribution in [3.05, 3.63) is 35.2 Å². The molecule has 0 spiro atoms. The number of hydrogen-bond donors (Lipinski definition) is 3. The molecule has 0 radical (unpaired) electrons. The van der Waals surface area contributed by atoms with Crippen molar-refractivity contribution >= 4 is 45.6 Å². The average molecular weight is 246 g/mol. The zero-order chi connectivity index (χ0) is 11.2. The Labute approximate surface area is 108 Å². The van der Waals surface area contributed by atoms with Gasteiger partial charge in [-0.15, -0.1) is 0 Å². The molecule has 1 rings (SSSR count). The monoisotopic (exact) mass is 246 g/mol. The van der Waals surface area contributed by atoms with E-state index < -0.39 is 10.4 Å². The minimum absolute atomic E-state index is 0. The van der Waals surface area contributed by atoms with Gasteiger partial charge < -0.3 is 0 Å². The Morgan fingerprint density at radius 2 is 1.40 bits per heavy atom. The second kappa shape index (κ2) is 7.74. The van der Waals surface area contributed by atoms with Gasteiger partial charge in [0.15, 0.2) is 0 Å². The first kappa shape index (κ1) is 16.9. The van der Waals surface area contributed by atoms with Crippen LogP contribution in [-0.2, 0) is 10.4 Å². The van der Waals surface area contributed by atoms with Crippen molar-refractivity contribution in [1.29, 1.82) is 0 Å². The summed E-state index contributed by atoms with van der Waals surface area (Å²) in [5, 5.41) is 8.30. The van der Waals surface area contributed by atoms with Crippen LogP contribution in [0.5, 0.6) is 0 Å². The Hall–Kier alpha value is -0.510. The fourth-order valence-electron chi connectivity index (χ4n) is 0.556. The molecule has 0 unspecified atom stereocenters. The normalized spacial score (nSPS) is 9.20. The van der Waals surface area contributed by atoms with Crippen LogP contribution in [0, 0.1) is 4.91 Å². The van der Waals surface area contributed by atoms with Crippen LogP contribution in [-0.4, -0.2) is 57.2 Å². The van der Waals surface area contributed by atoms with Gasteiger partial charge in [0.25, 0.3) is 4.92 Å². The van der Waals surface area contributed by atoms with Gasteiger partial charge in [0.1, 0.15) is 0 Å². The molecule has 3 N–H and O–H groups in total. The van der Waals surface area contributed by atoms with Gasteiger partial charge >= 0.3 is 45.6 Å². The SMILES string of the molecule is O=S(=O)(O)O.O=[N+](O)c1ccccc1.[NaH]. The Balaban J connectivity index is 0. The number of rotatable bonds is 1. The van der Waals surface area contributed by atoms with Gasteiger partial charge in [-0.25, -0.2) is 5.21 Å². The molecule has 1 aromatic carbocycles. The van der Waals surface area contributed by atoms with Crippen molar-refractivity contribution < 1.29 is 27.7 Å². The van der Waals surface area contributed by atoms with E-state index in [9.17, 15) is 4.91 Å². The molecule has 0 saturated heterocycles. The zero-order valence-corrected chi connectivity index (χ0v) is 7.63. The summed E-state index contributed by atoms with van der Waals surface area (Å²) in [7, 11) is -4.67. The van der Waals surface area contributed by atoms with E-state index in [1.54, 1.807) is 18.2 Å². The van der Waals surface area contributed by atoms with Gasteiger partial charge in [-0.1, -0.05) is 18.2 Å². The maximum atomic E-state index is 10.1. The molecule has 80 valence electrons. The molecule has 0 saturated carbocycles. The van der Waals surface area contributed by atoms with Gasteiger partial charge in [-0.3, -0.25) is 9.11 Å². The summed E-state index contributed by atoms with van der Waals surface area (Å²) in [5.74, 6) is 0. The van der Waals surface area contributed by atoms with Gasteiger partial charge in [-0.05, 0) is 0 Å². The quantitative estimate of drug-likeness (QED) is 0.370. The first-order valence-corrected chi connectivity index (χ1v) is 4.61. The van der Waals surface area contributed by atoms with Gasteiger partial charge in [0.2, 0.25) is 0 Å². The number of benzene rings is 1. The molecule has 0 aliphatic rings. The third-order valence-electron chi connectivity index (χ3n) is 0.977. The minimum atomic E-state index is -4.67. The molecule has 0 bridgehead atoms. The first-order chi connectivity index (χ1) is 6.30. The Morgan fingerprint density at radius 1 is 1.07 bits per heavy atom. The van der Waals surface area contributed by atoms with E-state index in [2.05, 4.69) is 0 Å². The molecule has 9 heteroatoms. The van der Waals surface area contributed by atoms with Gasteiger partial charge in [0, 0.05) is 12.1 Å². The molecule has 0 aliphatic carbocycles. The molecule has 0 amide bonds. The predicted octanol–water partition coefficient (Wildman–Crippen LogP) is 0.185. The summed E-state index contributed by atoms with van der Waals surface area (Å²) in [6.07, 6.45) is 0. The van der Waals surface area contributed by atoms with E-state index in [1.807, 2.05) is 0 Å². The van der Waals surface area contributed by atoms with E-state index >= 15 is 0 Å². The van der Waals surface area contributed by atoms with Crippen molar-refractivity contribution in [2.24, 2.45) is 0 Å². The Morgan fingerprint density at radius 3 is 1.60 bits per heavy atom. The predicted molar refractivity (Wildman–Crippen MR) is 52.8 cm³/mol. The van der Waals surface area contributed by atoms with Crippen molar-refractivity contribution in [1.82, 2.24) is 0 Å². The molecule has 1 aromatic rings. The second-order valence-electron chi connectivity index (χ2n) is 2.06. The van der Waals surface area contributed by atoms with Crippen molar-refractivity contribution in [3.8, 4) is 0 Å². The molecule has 0 atom stereocenters. The van der Waals surface area contributed by atoms with Crippen LogP contribution >= 0.6 is 0 Å². The third kappa shape index (κ3) is 13.5. The molecule has 0 aliphatic heterocycles. The van der Waals surface area contributed by atoms with E-state index in [-0.39, 0.29) is 40.2 Å². The summed E-state index contributed by atoms with van der Waals surface area (Å²) in [4.78, 5) is 9.95. The summed E-state index contributed by atoms with van der Waals surface area (Å²) in [5.41, 5.74) is 0.248. The first-order valence-electron chi connectivity index (χ1n) is 3.22. The van der Waals surface area contributed by atoms with Crippen LogP contribution in [0.1, 0.15) is 0 Å². The summed E-state index contributed by atoms with van der Waals surface area (Å²) >= 11 is 0. The van der Waals surface area contributed by atoms with Crippen LogP contribution in [0.2, 0.25) is 0 Å². The molecule has 0 heterocycles. The number of nitrogens with zero attached hydrogens (tertiary/aromatic N) is 1. The summed E-state index contributed by atoms with van der Waals surface area (Å²) in [6.45, 7) is 0. The Bertz CT molecular complexity index is 383.